The number of hydrogen-bond donors (Lipinski definition) is 0. The zero-order chi connectivity index (χ0) is 20.5. The number of thiazole rings is 1. The zero-order valence-electron chi connectivity index (χ0n) is 16.2. The number of hydrogen-bond acceptors (Lipinski definition) is 6. The molecular weight excluding hydrogens is 422 g/mol. The van der Waals surface area contributed by atoms with Gasteiger partial charge in [0.25, 0.3) is 5.91 Å². The van der Waals surface area contributed by atoms with Crippen molar-refractivity contribution in [1.82, 2.24) is 14.8 Å². The first-order valence-electron chi connectivity index (χ1n) is 9.77. The summed E-state index contributed by atoms with van der Waals surface area (Å²) in [6, 6.07) is 13.1. The van der Waals surface area contributed by atoms with Crippen molar-refractivity contribution in [3.8, 4) is 22.8 Å². The Balaban J connectivity index is 1.17. The molecule has 0 aliphatic carbocycles. The van der Waals surface area contributed by atoms with Crippen molar-refractivity contribution in [1.29, 1.82) is 0 Å². The molecule has 0 radical (unpaired) electrons. The molecule has 2 aromatic carbocycles. The summed E-state index contributed by atoms with van der Waals surface area (Å²) >= 11 is 7.63. The van der Waals surface area contributed by atoms with Gasteiger partial charge < -0.3 is 14.4 Å². The van der Waals surface area contributed by atoms with E-state index >= 15 is 0 Å². The first kappa shape index (κ1) is 19.4. The lowest BCUT2D eigenvalue weighted by Crippen LogP contribution is -2.48. The minimum absolute atomic E-state index is 0.0345. The van der Waals surface area contributed by atoms with Crippen molar-refractivity contribution >= 4 is 28.8 Å². The third kappa shape index (κ3) is 4.01. The van der Waals surface area contributed by atoms with E-state index in [4.69, 9.17) is 26.1 Å². The molecule has 3 aromatic rings. The van der Waals surface area contributed by atoms with Crippen LogP contribution in [-0.4, -0.2) is 53.7 Å². The molecule has 0 atom stereocenters. The van der Waals surface area contributed by atoms with E-state index in [-0.39, 0.29) is 12.7 Å². The first-order valence-corrected chi connectivity index (χ1v) is 11.0. The van der Waals surface area contributed by atoms with Gasteiger partial charge in [0.05, 0.1) is 12.2 Å². The molecule has 2 aliphatic heterocycles. The Labute approximate surface area is 183 Å². The van der Waals surface area contributed by atoms with E-state index in [0.717, 1.165) is 40.9 Å². The van der Waals surface area contributed by atoms with Gasteiger partial charge in [-0.1, -0.05) is 23.7 Å². The van der Waals surface area contributed by atoms with Crippen LogP contribution in [-0.2, 0) is 6.54 Å². The van der Waals surface area contributed by atoms with E-state index in [9.17, 15) is 4.79 Å². The summed E-state index contributed by atoms with van der Waals surface area (Å²) in [5.74, 6) is 1.37. The number of carbonyl (C=O) groups is 1. The van der Waals surface area contributed by atoms with E-state index < -0.39 is 0 Å². The Morgan fingerprint density at radius 1 is 1.03 bits per heavy atom. The Morgan fingerprint density at radius 2 is 1.80 bits per heavy atom. The van der Waals surface area contributed by atoms with E-state index in [1.54, 1.807) is 29.5 Å². The molecule has 154 valence electrons. The molecule has 0 spiro atoms. The van der Waals surface area contributed by atoms with Gasteiger partial charge in [-0.05, 0) is 30.3 Å². The smallest absolute Gasteiger partial charge is 0.254 e. The van der Waals surface area contributed by atoms with Crippen LogP contribution < -0.4 is 9.47 Å². The molecule has 3 heterocycles. The fourth-order valence-electron chi connectivity index (χ4n) is 3.65. The highest BCUT2D eigenvalue weighted by Gasteiger charge is 2.24. The third-order valence-corrected chi connectivity index (χ3v) is 6.42. The number of aromatic nitrogens is 1. The molecule has 1 fully saturated rings. The summed E-state index contributed by atoms with van der Waals surface area (Å²) in [6.45, 7) is 4.05. The number of amides is 1. The number of halogens is 1. The number of benzene rings is 2. The molecular formula is C22H20ClN3O3S. The molecule has 0 bridgehead atoms. The van der Waals surface area contributed by atoms with Crippen LogP contribution in [0.1, 0.15) is 15.4 Å². The highest BCUT2D eigenvalue weighted by molar-refractivity contribution is 7.09. The second-order valence-corrected chi connectivity index (χ2v) is 8.65. The lowest BCUT2D eigenvalue weighted by Gasteiger charge is -2.34. The van der Waals surface area contributed by atoms with Crippen LogP contribution in [0.4, 0.5) is 0 Å². The quantitative estimate of drug-likeness (QED) is 0.608. The van der Waals surface area contributed by atoms with Gasteiger partial charge in [0, 0.05) is 47.7 Å². The third-order valence-electron chi connectivity index (χ3n) is 5.33. The number of nitrogens with zero attached hydrogens (tertiary/aromatic N) is 3. The van der Waals surface area contributed by atoms with Gasteiger partial charge in [0.2, 0.25) is 6.79 Å². The Kier molecular flexibility index (Phi) is 5.33. The van der Waals surface area contributed by atoms with Crippen LogP contribution in [0.2, 0.25) is 5.02 Å². The number of piperazine rings is 1. The van der Waals surface area contributed by atoms with Crippen LogP contribution in [0.5, 0.6) is 11.5 Å². The summed E-state index contributed by atoms with van der Waals surface area (Å²) < 4.78 is 10.7. The topological polar surface area (TPSA) is 54.9 Å². The van der Waals surface area contributed by atoms with Crippen molar-refractivity contribution in [2.24, 2.45) is 0 Å². The molecule has 2 aliphatic rings. The van der Waals surface area contributed by atoms with Gasteiger partial charge >= 0.3 is 0 Å². The Morgan fingerprint density at radius 3 is 2.60 bits per heavy atom. The summed E-state index contributed by atoms with van der Waals surface area (Å²) in [4.78, 5) is 21.8. The van der Waals surface area contributed by atoms with E-state index in [1.165, 1.54) is 0 Å². The van der Waals surface area contributed by atoms with Gasteiger partial charge in [-0.2, -0.15) is 0 Å². The number of rotatable bonds is 4. The molecule has 0 N–H and O–H groups in total. The molecule has 6 nitrogen and oxygen atoms in total. The minimum Gasteiger partial charge on any atom is -0.454 e. The van der Waals surface area contributed by atoms with Crippen LogP contribution >= 0.6 is 22.9 Å². The second kappa shape index (κ2) is 8.26. The van der Waals surface area contributed by atoms with Gasteiger partial charge in [-0.25, -0.2) is 4.98 Å². The molecule has 30 heavy (non-hydrogen) atoms. The predicted octanol–water partition coefficient (Wildman–Crippen LogP) is 4.15. The SMILES string of the molecule is O=C(c1ccc2c(c1)OCO2)N1CCN(Cc2nc(-c3ccc(Cl)cc3)cs2)CC1. The summed E-state index contributed by atoms with van der Waals surface area (Å²) in [6.07, 6.45) is 0. The van der Waals surface area contributed by atoms with Gasteiger partial charge in [0.15, 0.2) is 11.5 Å². The fourth-order valence-corrected chi connectivity index (χ4v) is 4.62. The molecule has 0 saturated carbocycles. The maximum absolute atomic E-state index is 12.8. The van der Waals surface area contributed by atoms with Gasteiger partial charge in [0.1, 0.15) is 5.01 Å². The van der Waals surface area contributed by atoms with Crippen molar-refractivity contribution < 1.29 is 14.3 Å². The fraction of sp³-hybridized carbons (Fsp3) is 0.273. The summed E-state index contributed by atoms with van der Waals surface area (Å²) in [7, 11) is 0. The van der Waals surface area contributed by atoms with Crippen LogP contribution in [0, 0.1) is 0 Å². The normalized spacial score (nSPS) is 16.1. The highest BCUT2D eigenvalue weighted by atomic mass is 35.5. The van der Waals surface area contributed by atoms with Crippen LogP contribution in [0.15, 0.2) is 47.8 Å². The lowest BCUT2D eigenvalue weighted by molar-refractivity contribution is 0.0628. The van der Waals surface area contributed by atoms with Gasteiger partial charge in [-0.15, -0.1) is 11.3 Å². The van der Waals surface area contributed by atoms with Crippen molar-refractivity contribution in [2.75, 3.05) is 33.0 Å². The van der Waals surface area contributed by atoms with Crippen LogP contribution in [0.25, 0.3) is 11.3 Å². The zero-order valence-corrected chi connectivity index (χ0v) is 17.8. The lowest BCUT2D eigenvalue weighted by atomic mass is 10.1. The Hall–Kier alpha value is -2.61. The maximum atomic E-state index is 12.8. The molecule has 5 rings (SSSR count). The van der Waals surface area contributed by atoms with E-state index in [0.29, 0.717) is 30.2 Å². The van der Waals surface area contributed by atoms with E-state index in [2.05, 4.69) is 10.3 Å². The molecule has 1 saturated heterocycles. The number of ether oxygens (including phenoxy) is 2. The standard InChI is InChI=1S/C22H20ClN3O3S/c23-17-4-1-15(2-5-17)18-13-30-21(24-18)12-25-7-9-26(10-8-25)22(27)16-3-6-19-20(11-16)29-14-28-19/h1-6,11,13H,7-10,12,14H2. The van der Waals surface area contributed by atoms with Gasteiger partial charge in [-0.3, -0.25) is 9.69 Å². The number of carbonyl (C=O) groups excluding carboxylic acids is 1. The summed E-state index contributed by atoms with van der Waals surface area (Å²) in [5, 5.41) is 3.88. The first-order chi connectivity index (χ1) is 14.7. The van der Waals surface area contributed by atoms with Crippen molar-refractivity contribution in [3.63, 3.8) is 0 Å². The van der Waals surface area contributed by atoms with Crippen LogP contribution in [0.3, 0.4) is 0 Å². The van der Waals surface area contributed by atoms with Crippen molar-refractivity contribution in [2.45, 2.75) is 6.54 Å². The Bertz CT molecular complexity index is 1060. The van der Waals surface area contributed by atoms with E-state index in [1.807, 2.05) is 29.2 Å². The van der Waals surface area contributed by atoms with Crippen molar-refractivity contribution in [3.05, 3.63) is 63.4 Å². The highest BCUT2D eigenvalue weighted by Crippen LogP contribution is 2.33. The average molecular weight is 442 g/mol. The monoisotopic (exact) mass is 441 g/mol. The molecule has 8 heteroatoms. The predicted molar refractivity (Wildman–Crippen MR) is 116 cm³/mol. The summed E-state index contributed by atoms with van der Waals surface area (Å²) in [5.41, 5.74) is 2.68. The number of fused-ring (bicyclic) bond motifs is 1. The second-order valence-electron chi connectivity index (χ2n) is 7.27. The molecule has 1 aromatic heterocycles. The molecule has 0 unspecified atom stereocenters. The maximum Gasteiger partial charge on any atom is 0.254 e. The minimum atomic E-state index is 0.0345. The average Bonchev–Trinajstić information content (AvgIpc) is 3.43. The largest absolute Gasteiger partial charge is 0.454 e. The molecule has 1 amide bonds.